The lowest BCUT2D eigenvalue weighted by Gasteiger charge is -2.10. The van der Waals surface area contributed by atoms with E-state index in [0.29, 0.717) is 39.7 Å². The highest BCUT2D eigenvalue weighted by Crippen LogP contribution is 2.31. The van der Waals surface area contributed by atoms with Crippen molar-refractivity contribution in [3.63, 3.8) is 0 Å². The summed E-state index contributed by atoms with van der Waals surface area (Å²) < 4.78 is 11.4. The molecule has 4 rings (SSSR count). The van der Waals surface area contributed by atoms with E-state index in [9.17, 15) is 9.59 Å². The average molecular weight is 405 g/mol. The third-order valence-electron chi connectivity index (χ3n) is 4.53. The van der Waals surface area contributed by atoms with Gasteiger partial charge in [-0.3, -0.25) is 4.40 Å². The van der Waals surface area contributed by atoms with Gasteiger partial charge in [0.1, 0.15) is 28.7 Å². The van der Waals surface area contributed by atoms with E-state index in [1.165, 1.54) is 14.2 Å². The summed E-state index contributed by atoms with van der Waals surface area (Å²) in [5.41, 5.74) is 3.27. The molecule has 30 heavy (non-hydrogen) atoms. The average Bonchev–Trinajstić information content (AvgIpc) is 3.36. The number of ether oxygens (including phenoxy) is 2. The van der Waals surface area contributed by atoms with Crippen LogP contribution in [0.25, 0.3) is 17.0 Å². The first-order valence-electron chi connectivity index (χ1n) is 9.08. The largest absolute Gasteiger partial charge is 0.465 e. The Labute approximate surface area is 171 Å². The van der Waals surface area contributed by atoms with E-state index in [2.05, 4.69) is 20.3 Å². The van der Waals surface area contributed by atoms with Crippen LogP contribution in [-0.2, 0) is 9.47 Å². The van der Waals surface area contributed by atoms with E-state index in [0.717, 1.165) is 5.82 Å². The minimum absolute atomic E-state index is 0.374. The molecule has 0 atom stereocenters. The molecule has 152 valence electrons. The monoisotopic (exact) mass is 405 g/mol. The third kappa shape index (κ3) is 3.48. The van der Waals surface area contributed by atoms with Crippen LogP contribution < -0.4 is 5.32 Å². The molecule has 0 amide bonds. The number of aromatic nitrogens is 4. The number of nitrogens with zero attached hydrogens (tertiary/aromatic N) is 3. The smallest absolute Gasteiger partial charge is 0.339 e. The fourth-order valence-corrected chi connectivity index (χ4v) is 3.10. The number of fused-ring (bicyclic) bond motifs is 1. The second kappa shape index (κ2) is 7.70. The Morgan fingerprint density at radius 3 is 2.50 bits per heavy atom. The minimum atomic E-state index is -0.457. The van der Waals surface area contributed by atoms with Crippen LogP contribution in [-0.4, -0.2) is 45.5 Å². The molecule has 0 radical (unpaired) electrons. The molecule has 0 unspecified atom stereocenters. The minimum Gasteiger partial charge on any atom is -0.465 e. The van der Waals surface area contributed by atoms with Gasteiger partial charge in [0.25, 0.3) is 0 Å². The van der Waals surface area contributed by atoms with Crippen molar-refractivity contribution in [1.82, 2.24) is 19.4 Å². The molecule has 0 fully saturated rings. The van der Waals surface area contributed by atoms with Crippen molar-refractivity contribution < 1.29 is 19.1 Å². The zero-order valence-electron chi connectivity index (χ0n) is 16.6. The van der Waals surface area contributed by atoms with E-state index in [1.54, 1.807) is 47.1 Å². The first-order chi connectivity index (χ1) is 14.5. The number of esters is 2. The van der Waals surface area contributed by atoms with Gasteiger partial charge in [0.15, 0.2) is 0 Å². The Bertz CT molecular complexity index is 1260. The summed E-state index contributed by atoms with van der Waals surface area (Å²) in [7, 11) is 2.66. The van der Waals surface area contributed by atoms with Gasteiger partial charge in [-0.05, 0) is 37.3 Å². The lowest BCUT2D eigenvalue weighted by Crippen LogP contribution is -2.05. The molecule has 0 spiro atoms. The predicted molar refractivity (Wildman–Crippen MR) is 110 cm³/mol. The molecule has 9 nitrogen and oxygen atoms in total. The number of aromatic amines is 1. The van der Waals surface area contributed by atoms with E-state index >= 15 is 0 Å². The number of hydrogen-bond acceptors (Lipinski definition) is 7. The van der Waals surface area contributed by atoms with Crippen molar-refractivity contribution in [1.29, 1.82) is 0 Å². The topological polar surface area (TPSA) is 111 Å². The van der Waals surface area contributed by atoms with Gasteiger partial charge in [0.2, 0.25) is 0 Å². The second-order valence-corrected chi connectivity index (χ2v) is 6.52. The van der Waals surface area contributed by atoms with Gasteiger partial charge in [-0.1, -0.05) is 6.07 Å². The number of imidazole rings is 2. The van der Waals surface area contributed by atoms with Crippen molar-refractivity contribution in [3.05, 3.63) is 65.7 Å². The van der Waals surface area contributed by atoms with Gasteiger partial charge >= 0.3 is 11.9 Å². The van der Waals surface area contributed by atoms with E-state index < -0.39 is 11.9 Å². The Hall–Kier alpha value is -4.14. The quantitative estimate of drug-likeness (QED) is 0.490. The highest BCUT2D eigenvalue weighted by Gasteiger charge is 2.19. The van der Waals surface area contributed by atoms with Gasteiger partial charge in [-0.25, -0.2) is 19.6 Å². The number of hydrogen-bond donors (Lipinski definition) is 2. The van der Waals surface area contributed by atoms with Crippen LogP contribution in [0.5, 0.6) is 0 Å². The molecule has 1 aromatic carbocycles. The number of aryl methyl sites for hydroxylation is 1. The zero-order valence-corrected chi connectivity index (χ0v) is 16.6. The number of methoxy groups -OCH3 is 2. The van der Waals surface area contributed by atoms with Crippen molar-refractivity contribution in [2.45, 2.75) is 6.92 Å². The summed E-state index contributed by atoms with van der Waals surface area (Å²) in [6.07, 6.45) is 3.40. The van der Waals surface area contributed by atoms with Gasteiger partial charge < -0.3 is 19.8 Å². The molecule has 4 aromatic rings. The molecule has 3 aromatic heterocycles. The Morgan fingerprint density at radius 1 is 1.03 bits per heavy atom. The van der Waals surface area contributed by atoms with Crippen molar-refractivity contribution >= 4 is 29.1 Å². The molecule has 0 saturated carbocycles. The molecule has 2 N–H and O–H groups in total. The molecule has 0 saturated heterocycles. The summed E-state index contributed by atoms with van der Waals surface area (Å²) in [4.78, 5) is 36.1. The molecular weight excluding hydrogens is 386 g/mol. The van der Waals surface area contributed by atoms with Crippen LogP contribution in [0, 0.1) is 6.92 Å². The fraction of sp³-hybridized carbons (Fsp3) is 0.143. The third-order valence-corrected chi connectivity index (χ3v) is 4.53. The van der Waals surface area contributed by atoms with Crippen LogP contribution in [0.15, 0.2) is 48.8 Å². The molecule has 3 heterocycles. The molecule has 9 heteroatoms. The maximum atomic E-state index is 12.0. The lowest BCUT2D eigenvalue weighted by molar-refractivity contribution is 0.0591. The second-order valence-electron chi connectivity index (χ2n) is 6.52. The predicted octanol–water partition coefficient (Wildman–Crippen LogP) is 3.35. The number of carbonyl (C=O) groups is 2. The van der Waals surface area contributed by atoms with Crippen LogP contribution in [0.2, 0.25) is 0 Å². The fourth-order valence-electron chi connectivity index (χ4n) is 3.10. The highest BCUT2D eigenvalue weighted by molar-refractivity contribution is 5.91. The van der Waals surface area contributed by atoms with E-state index in [-0.39, 0.29) is 0 Å². The first-order valence-corrected chi connectivity index (χ1v) is 9.08. The van der Waals surface area contributed by atoms with Crippen molar-refractivity contribution in [3.8, 4) is 11.4 Å². The first kappa shape index (κ1) is 19.2. The Morgan fingerprint density at radius 2 is 1.80 bits per heavy atom. The van der Waals surface area contributed by atoms with Gasteiger partial charge in [0, 0.05) is 18.1 Å². The summed E-state index contributed by atoms with van der Waals surface area (Å²) in [6.45, 7) is 1.85. The highest BCUT2D eigenvalue weighted by atomic mass is 16.5. The Balaban J connectivity index is 1.87. The number of pyridine rings is 1. The number of H-pyrrole nitrogens is 1. The van der Waals surface area contributed by atoms with E-state index in [1.807, 2.05) is 13.0 Å². The van der Waals surface area contributed by atoms with Gasteiger partial charge in [-0.2, -0.15) is 0 Å². The Kier molecular flexibility index (Phi) is 4.93. The number of anilines is 2. The van der Waals surface area contributed by atoms with Gasteiger partial charge in [0.05, 0.1) is 25.3 Å². The number of benzene rings is 1. The zero-order chi connectivity index (χ0) is 21.3. The van der Waals surface area contributed by atoms with Crippen LogP contribution in [0.3, 0.4) is 0 Å². The van der Waals surface area contributed by atoms with Gasteiger partial charge in [-0.15, -0.1) is 0 Å². The normalized spacial score (nSPS) is 10.8. The molecular formula is C21H19N5O4. The molecule has 0 aliphatic carbocycles. The summed E-state index contributed by atoms with van der Waals surface area (Å²) in [5.74, 6) is 0.439. The maximum absolute atomic E-state index is 12.0. The summed E-state index contributed by atoms with van der Waals surface area (Å²) >= 11 is 0. The van der Waals surface area contributed by atoms with Crippen LogP contribution >= 0.6 is 0 Å². The summed E-state index contributed by atoms with van der Waals surface area (Å²) in [6, 6.07) is 10.3. The van der Waals surface area contributed by atoms with Crippen molar-refractivity contribution in [2.24, 2.45) is 0 Å². The molecule has 0 bridgehead atoms. The molecule has 0 aliphatic rings. The molecule has 0 aliphatic heterocycles. The van der Waals surface area contributed by atoms with Crippen molar-refractivity contribution in [2.75, 3.05) is 19.5 Å². The number of nitrogens with one attached hydrogen (secondary N) is 2. The van der Waals surface area contributed by atoms with E-state index in [4.69, 9.17) is 9.47 Å². The maximum Gasteiger partial charge on any atom is 0.339 e. The van der Waals surface area contributed by atoms with Crippen LogP contribution in [0.1, 0.15) is 26.5 Å². The van der Waals surface area contributed by atoms with Crippen LogP contribution in [0.4, 0.5) is 11.5 Å². The summed E-state index contributed by atoms with van der Waals surface area (Å²) in [5, 5.41) is 3.29. The lowest BCUT2D eigenvalue weighted by atomic mass is 10.2. The number of carbonyl (C=O) groups excluding carboxylic acids is 2. The number of rotatable bonds is 5. The standard InChI is InChI=1S/C21H19N5O4/c1-12-22-10-16(23-12)18-19(24-15-6-4-5-13(9-15)20(27)29-2)26-11-14(21(28)30-3)7-8-17(26)25-18/h4-11,24H,1-3H3,(H,22,23). The SMILES string of the molecule is COC(=O)c1cccc(Nc2c(-c3c[nH]c(C)n3)nc3ccc(C(=O)OC)cn23)c1.